The average molecular weight is 322 g/mol. The number of hydrogen-bond acceptors (Lipinski definition) is 3. The first-order valence-electron chi connectivity index (χ1n) is 5.49. The summed E-state index contributed by atoms with van der Waals surface area (Å²) in [6, 6.07) is 5.22. The molecule has 0 aliphatic carbocycles. The predicted octanol–water partition coefficient (Wildman–Crippen LogP) is 2.82. The van der Waals surface area contributed by atoms with Crippen molar-refractivity contribution in [3.63, 3.8) is 0 Å². The predicted molar refractivity (Wildman–Crippen MR) is 77.9 cm³/mol. The van der Waals surface area contributed by atoms with E-state index in [4.69, 9.17) is 28.3 Å². The number of benzene rings is 1. The summed E-state index contributed by atoms with van der Waals surface area (Å²) in [5.74, 6) is -0.252. The molecule has 1 rings (SSSR count). The van der Waals surface area contributed by atoms with Gasteiger partial charge in [0.25, 0.3) is 0 Å². The molecule has 1 aromatic rings. The lowest BCUT2D eigenvalue weighted by atomic mass is 10.2. The molecular weight excluding hydrogens is 309 g/mol. The minimum atomic E-state index is -0.930. The third kappa shape index (κ3) is 6.71. The first-order valence-corrected chi connectivity index (χ1v) is 7.40. The van der Waals surface area contributed by atoms with Crippen molar-refractivity contribution in [3.8, 4) is 0 Å². The maximum absolute atomic E-state index is 11.4. The molecule has 0 unspecified atom stereocenters. The molecule has 19 heavy (non-hydrogen) atoms. The van der Waals surface area contributed by atoms with Crippen LogP contribution in [0.4, 0.5) is 0 Å². The molecule has 0 heterocycles. The number of carbonyl (C=O) groups is 2. The van der Waals surface area contributed by atoms with Crippen LogP contribution in [-0.2, 0) is 15.3 Å². The molecule has 1 aromatic carbocycles. The Morgan fingerprint density at radius 2 is 2.05 bits per heavy atom. The molecule has 0 spiro atoms. The molecule has 0 bridgehead atoms. The molecular formula is C12H13Cl2NO3S. The smallest absolute Gasteiger partial charge is 0.305 e. The number of carbonyl (C=O) groups excluding carboxylic acids is 1. The monoisotopic (exact) mass is 321 g/mol. The minimum absolute atomic E-state index is 0.0700. The van der Waals surface area contributed by atoms with Crippen molar-refractivity contribution in [3.05, 3.63) is 33.8 Å². The highest BCUT2D eigenvalue weighted by Gasteiger charge is 2.05. The highest BCUT2D eigenvalue weighted by atomic mass is 35.5. The fourth-order valence-electron chi connectivity index (χ4n) is 1.25. The zero-order valence-corrected chi connectivity index (χ0v) is 12.3. The molecule has 2 N–H and O–H groups in total. The van der Waals surface area contributed by atoms with Crippen molar-refractivity contribution in [2.75, 3.05) is 12.3 Å². The maximum atomic E-state index is 11.4. The summed E-state index contributed by atoms with van der Waals surface area (Å²) in [5.41, 5.74) is 0.911. The van der Waals surface area contributed by atoms with Gasteiger partial charge >= 0.3 is 5.97 Å². The Bertz CT molecular complexity index is 468. The topological polar surface area (TPSA) is 66.4 Å². The number of carboxylic acids is 1. The van der Waals surface area contributed by atoms with Crippen LogP contribution >= 0.6 is 35.0 Å². The standard InChI is InChI=1S/C12H13Cl2NO3S/c13-9-2-1-8(10(14)5-9)6-19-7-11(16)15-4-3-12(17)18/h1-2,5H,3-4,6-7H2,(H,15,16)(H,17,18). The Labute approximate surface area is 125 Å². The van der Waals surface area contributed by atoms with Crippen LogP contribution in [0.3, 0.4) is 0 Å². The van der Waals surface area contributed by atoms with Crippen molar-refractivity contribution in [2.24, 2.45) is 0 Å². The largest absolute Gasteiger partial charge is 0.481 e. The molecule has 0 saturated heterocycles. The van der Waals surface area contributed by atoms with E-state index in [1.807, 2.05) is 6.07 Å². The van der Waals surface area contributed by atoms with Gasteiger partial charge in [0.1, 0.15) is 0 Å². The molecule has 0 atom stereocenters. The van der Waals surface area contributed by atoms with Crippen molar-refractivity contribution in [1.29, 1.82) is 0 Å². The number of halogens is 2. The lowest BCUT2D eigenvalue weighted by molar-refractivity contribution is -0.136. The Morgan fingerprint density at radius 3 is 2.68 bits per heavy atom. The van der Waals surface area contributed by atoms with Crippen LogP contribution in [0, 0.1) is 0 Å². The first-order chi connectivity index (χ1) is 8.99. The zero-order valence-electron chi connectivity index (χ0n) is 9.99. The van der Waals surface area contributed by atoms with E-state index < -0.39 is 5.97 Å². The van der Waals surface area contributed by atoms with Crippen LogP contribution in [-0.4, -0.2) is 29.3 Å². The Morgan fingerprint density at radius 1 is 1.32 bits per heavy atom. The molecule has 0 saturated carbocycles. The van der Waals surface area contributed by atoms with Crippen LogP contribution in [0.2, 0.25) is 10.0 Å². The number of hydrogen-bond donors (Lipinski definition) is 2. The normalized spacial score (nSPS) is 10.2. The van der Waals surface area contributed by atoms with Gasteiger partial charge in [-0.15, -0.1) is 11.8 Å². The van der Waals surface area contributed by atoms with Crippen molar-refractivity contribution >= 4 is 46.8 Å². The second kappa shape index (κ2) is 8.30. The van der Waals surface area contributed by atoms with E-state index in [0.29, 0.717) is 15.8 Å². The summed E-state index contributed by atoms with van der Waals surface area (Å²) in [6.45, 7) is 0.149. The van der Waals surface area contributed by atoms with E-state index in [2.05, 4.69) is 5.32 Å². The molecule has 0 aromatic heterocycles. The number of nitrogens with one attached hydrogen (secondary N) is 1. The zero-order chi connectivity index (χ0) is 14.3. The SMILES string of the molecule is O=C(O)CCNC(=O)CSCc1ccc(Cl)cc1Cl. The Balaban J connectivity index is 2.26. The fourth-order valence-corrected chi connectivity index (χ4v) is 2.67. The van der Waals surface area contributed by atoms with Crippen LogP contribution < -0.4 is 5.32 Å². The Hall–Kier alpha value is -0.910. The third-order valence-corrected chi connectivity index (χ3v) is 3.74. The first kappa shape index (κ1) is 16.1. The maximum Gasteiger partial charge on any atom is 0.305 e. The molecule has 104 valence electrons. The minimum Gasteiger partial charge on any atom is -0.481 e. The molecule has 0 aliphatic rings. The molecule has 0 radical (unpaired) electrons. The van der Waals surface area contributed by atoms with Gasteiger partial charge in [0.2, 0.25) is 5.91 Å². The van der Waals surface area contributed by atoms with Crippen LogP contribution in [0.5, 0.6) is 0 Å². The number of carboxylic acid groups (broad SMARTS) is 1. The highest BCUT2D eigenvalue weighted by molar-refractivity contribution is 7.99. The third-order valence-electron chi connectivity index (χ3n) is 2.17. The fraction of sp³-hybridized carbons (Fsp3) is 0.333. The van der Waals surface area contributed by atoms with Gasteiger partial charge in [-0.05, 0) is 17.7 Å². The number of rotatable bonds is 7. The number of aliphatic carboxylic acids is 1. The van der Waals surface area contributed by atoms with E-state index in [1.54, 1.807) is 12.1 Å². The van der Waals surface area contributed by atoms with E-state index in [1.165, 1.54) is 11.8 Å². The lowest BCUT2D eigenvalue weighted by Gasteiger charge is -2.05. The van der Waals surface area contributed by atoms with E-state index in [9.17, 15) is 9.59 Å². The molecule has 4 nitrogen and oxygen atoms in total. The van der Waals surface area contributed by atoms with E-state index in [-0.39, 0.29) is 24.6 Å². The van der Waals surface area contributed by atoms with Crippen molar-refractivity contribution in [1.82, 2.24) is 5.32 Å². The van der Waals surface area contributed by atoms with Crippen molar-refractivity contribution in [2.45, 2.75) is 12.2 Å². The number of thioether (sulfide) groups is 1. The summed E-state index contributed by atoms with van der Waals surface area (Å²) >= 11 is 13.2. The second-order valence-electron chi connectivity index (χ2n) is 3.72. The molecule has 7 heteroatoms. The second-order valence-corrected chi connectivity index (χ2v) is 5.55. The summed E-state index contributed by atoms with van der Waals surface area (Å²) in [6.07, 6.45) is -0.0700. The number of amides is 1. The van der Waals surface area contributed by atoms with Gasteiger partial charge in [-0.25, -0.2) is 0 Å². The summed E-state index contributed by atoms with van der Waals surface area (Å²) in [7, 11) is 0. The van der Waals surface area contributed by atoms with Gasteiger partial charge in [0, 0.05) is 22.3 Å². The summed E-state index contributed by atoms with van der Waals surface area (Å²) in [5, 5.41) is 12.1. The average Bonchev–Trinajstić information content (AvgIpc) is 2.31. The van der Waals surface area contributed by atoms with Crippen molar-refractivity contribution < 1.29 is 14.7 Å². The van der Waals surface area contributed by atoms with Gasteiger partial charge in [-0.2, -0.15) is 0 Å². The molecule has 0 fully saturated rings. The quantitative estimate of drug-likeness (QED) is 0.810. The summed E-state index contributed by atoms with van der Waals surface area (Å²) in [4.78, 5) is 21.6. The summed E-state index contributed by atoms with van der Waals surface area (Å²) < 4.78 is 0. The van der Waals surface area contributed by atoms with Gasteiger partial charge in [0.15, 0.2) is 0 Å². The van der Waals surface area contributed by atoms with Gasteiger partial charge < -0.3 is 10.4 Å². The van der Waals surface area contributed by atoms with Crippen LogP contribution in [0.1, 0.15) is 12.0 Å². The highest BCUT2D eigenvalue weighted by Crippen LogP contribution is 2.24. The Kier molecular flexibility index (Phi) is 7.05. The van der Waals surface area contributed by atoms with E-state index >= 15 is 0 Å². The van der Waals surface area contributed by atoms with E-state index in [0.717, 1.165) is 5.56 Å². The lowest BCUT2D eigenvalue weighted by Crippen LogP contribution is -2.27. The van der Waals surface area contributed by atoms with Gasteiger partial charge in [-0.1, -0.05) is 29.3 Å². The van der Waals surface area contributed by atoms with Crippen LogP contribution in [0.25, 0.3) is 0 Å². The van der Waals surface area contributed by atoms with Crippen LogP contribution in [0.15, 0.2) is 18.2 Å². The van der Waals surface area contributed by atoms with Gasteiger partial charge in [0.05, 0.1) is 12.2 Å². The molecule has 0 aliphatic heterocycles. The molecule has 1 amide bonds. The van der Waals surface area contributed by atoms with Gasteiger partial charge in [-0.3, -0.25) is 9.59 Å².